The van der Waals surface area contributed by atoms with Gasteiger partial charge in [0, 0.05) is 39.9 Å². The zero-order valence-electron chi connectivity index (χ0n) is 12.6. The number of carbonyl (C=O) groups is 1. The molecule has 0 fully saturated rings. The van der Waals surface area contributed by atoms with Crippen molar-refractivity contribution in [2.24, 2.45) is 4.99 Å². The number of ether oxygens (including phenoxy) is 1. The molecule has 0 radical (unpaired) electrons. The lowest BCUT2D eigenvalue weighted by Crippen LogP contribution is -2.38. The first kappa shape index (κ1) is 19.7. The van der Waals surface area contributed by atoms with Crippen molar-refractivity contribution < 1.29 is 9.53 Å². The predicted molar refractivity (Wildman–Crippen MR) is 95.3 cm³/mol. The van der Waals surface area contributed by atoms with Gasteiger partial charge in [0.25, 0.3) is 5.91 Å². The van der Waals surface area contributed by atoms with E-state index in [0.717, 1.165) is 11.5 Å². The van der Waals surface area contributed by atoms with Gasteiger partial charge in [-0.2, -0.15) is 0 Å². The Morgan fingerprint density at radius 2 is 1.90 bits per heavy atom. The minimum absolute atomic E-state index is 0. The van der Waals surface area contributed by atoms with E-state index in [4.69, 9.17) is 4.74 Å². The molecule has 0 aliphatic carbocycles. The monoisotopic (exact) mass is 406 g/mol. The van der Waals surface area contributed by atoms with E-state index in [0.29, 0.717) is 25.3 Å². The van der Waals surface area contributed by atoms with Gasteiger partial charge in [0.05, 0.1) is 6.61 Å². The second-order valence-corrected chi connectivity index (χ2v) is 4.12. The van der Waals surface area contributed by atoms with Gasteiger partial charge < -0.3 is 20.7 Å². The van der Waals surface area contributed by atoms with Gasteiger partial charge in [0.15, 0.2) is 5.96 Å². The zero-order chi connectivity index (χ0) is 14.8. The topological polar surface area (TPSA) is 74.8 Å². The van der Waals surface area contributed by atoms with Crippen molar-refractivity contribution in [2.45, 2.75) is 6.54 Å². The molecule has 1 rings (SSSR count). The van der Waals surface area contributed by atoms with Gasteiger partial charge in [0.1, 0.15) is 0 Å². The Morgan fingerprint density at radius 3 is 2.43 bits per heavy atom. The van der Waals surface area contributed by atoms with Crippen LogP contribution in [0.4, 0.5) is 0 Å². The molecule has 0 spiro atoms. The molecule has 1 aromatic carbocycles. The molecule has 6 nitrogen and oxygen atoms in total. The Kier molecular flexibility index (Phi) is 10.6. The Hall–Kier alpha value is -1.35. The number of benzene rings is 1. The molecular formula is C14H23IN4O2. The molecule has 0 aliphatic rings. The summed E-state index contributed by atoms with van der Waals surface area (Å²) in [5.74, 6) is 0.638. The standard InChI is InChI=1S/C14H22N4O2.HI/c1-15-13(19)12-6-4-11(5-7-12)10-18-14(16-2)17-8-9-20-3;/h4-7H,8-10H2,1-3H3,(H,15,19)(H2,16,17,18);1H. The lowest BCUT2D eigenvalue weighted by Gasteiger charge is -2.11. The Labute approximate surface area is 142 Å². The summed E-state index contributed by atoms with van der Waals surface area (Å²) in [6.07, 6.45) is 0. The van der Waals surface area contributed by atoms with Crippen LogP contribution in [0.15, 0.2) is 29.3 Å². The first-order chi connectivity index (χ1) is 9.71. The number of nitrogens with one attached hydrogen (secondary N) is 3. The second kappa shape index (κ2) is 11.3. The Morgan fingerprint density at radius 1 is 1.24 bits per heavy atom. The van der Waals surface area contributed by atoms with Crippen LogP contribution in [0.1, 0.15) is 15.9 Å². The zero-order valence-corrected chi connectivity index (χ0v) is 14.9. The van der Waals surface area contributed by atoms with Crippen molar-refractivity contribution >= 4 is 35.8 Å². The number of hydrogen-bond acceptors (Lipinski definition) is 3. The molecule has 0 atom stereocenters. The molecule has 1 aromatic rings. The van der Waals surface area contributed by atoms with Crippen LogP contribution in [0.2, 0.25) is 0 Å². The van der Waals surface area contributed by atoms with E-state index in [1.165, 1.54) is 0 Å². The molecule has 1 amide bonds. The summed E-state index contributed by atoms with van der Waals surface area (Å²) in [7, 11) is 5.00. The molecule has 0 saturated heterocycles. The molecule has 118 valence electrons. The SMILES string of the molecule is CN=C(NCCOC)NCc1ccc(C(=O)NC)cc1.I. The van der Waals surface area contributed by atoms with Crippen molar-refractivity contribution in [1.82, 2.24) is 16.0 Å². The third-order valence-corrected chi connectivity index (χ3v) is 2.73. The Balaban J connectivity index is 0.00000400. The highest BCUT2D eigenvalue weighted by Crippen LogP contribution is 2.04. The lowest BCUT2D eigenvalue weighted by molar-refractivity contribution is 0.0963. The first-order valence-electron chi connectivity index (χ1n) is 6.45. The molecule has 0 unspecified atom stereocenters. The largest absolute Gasteiger partial charge is 0.383 e. The summed E-state index contributed by atoms with van der Waals surface area (Å²) >= 11 is 0. The number of halogens is 1. The van der Waals surface area contributed by atoms with Gasteiger partial charge in [-0.3, -0.25) is 9.79 Å². The van der Waals surface area contributed by atoms with Crippen LogP contribution in [0, 0.1) is 0 Å². The second-order valence-electron chi connectivity index (χ2n) is 4.12. The van der Waals surface area contributed by atoms with Crippen LogP contribution in [-0.2, 0) is 11.3 Å². The molecule has 0 bridgehead atoms. The van der Waals surface area contributed by atoms with Crippen molar-refractivity contribution in [3.8, 4) is 0 Å². The van der Waals surface area contributed by atoms with Crippen molar-refractivity contribution in [3.05, 3.63) is 35.4 Å². The highest BCUT2D eigenvalue weighted by molar-refractivity contribution is 14.0. The fourth-order valence-corrected chi connectivity index (χ4v) is 1.60. The van der Waals surface area contributed by atoms with Gasteiger partial charge in [-0.1, -0.05) is 12.1 Å². The number of aliphatic imine (C=N–C) groups is 1. The van der Waals surface area contributed by atoms with Crippen LogP contribution < -0.4 is 16.0 Å². The van der Waals surface area contributed by atoms with Crippen LogP contribution in [-0.4, -0.2) is 46.2 Å². The fraction of sp³-hybridized carbons (Fsp3) is 0.429. The molecule has 3 N–H and O–H groups in total. The summed E-state index contributed by atoms with van der Waals surface area (Å²) in [6.45, 7) is 1.97. The first-order valence-corrected chi connectivity index (χ1v) is 6.45. The van der Waals surface area contributed by atoms with Crippen LogP contribution in [0.3, 0.4) is 0 Å². The predicted octanol–water partition coefficient (Wildman–Crippen LogP) is 0.976. The van der Waals surface area contributed by atoms with E-state index >= 15 is 0 Å². The van der Waals surface area contributed by atoms with E-state index in [2.05, 4.69) is 20.9 Å². The van der Waals surface area contributed by atoms with Crippen molar-refractivity contribution in [1.29, 1.82) is 0 Å². The number of hydrogen-bond donors (Lipinski definition) is 3. The van der Waals surface area contributed by atoms with Gasteiger partial charge in [0.2, 0.25) is 0 Å². The lowest BCUT2D eigenvalue weighted by atomic mass is 10.1. The van der Waals surface area contributed by atoms with Crippen molar-refractivity contribution in [3.63, 3.8) is 0 Å². The minimum Gasteiger partial charge on any atom is -0.383 e. The van der Waals surface area contributed by atoms with Gasteiger partial charge in [-0.15, -0.1) is 24.0 Å². The van der Waals surface area contributed by atoms with Gasteiger partial charge >= 0.3 is 0 Å². The number of guanidine groups is 1. The van der Waals surface area contributed by atoms with Gasteiger partial charge in [-0.25, -0.2) is 0 Å². The number of methoxy groups -OCH3 is 1. The maximum absolute atomic E-state index is 11.4. The molecule has 0 saturated carbocycles. The van der Waals surface area contributed by atoms with E-state index in [9.17, 15) is 4.79 Å². The highest BCUT2D eigenvalue weighted by atomic mass is 127. The molecule has 7 heteroatoms. The quantitative estimate of drug-likeness (QED) is 0.285. The summed E-state index contributed by atoms with van der Waals surface area (Å²) in [4.78, 5) is 15.5. The van der Waals surface area contributed by atoms with Crippen LogP contribution in [0.5, 0.6) is 0 Å². The number of carbonyl (C=O) groups excluding carboxylic acids is 1. The third-order valence-electron chi connectivity index (χ3n) is 2.73. The molecule has 0 aliphatic heterocycles. The molecule has 0 aromatic heterocycles. The maximum Gasteiger partial charge on any atom is 0.251 e. The van der Waals surface area contributed by atoms with E-state index in [-0.39, 0.29) is 29.9 Å². The van der Waals surface area contributed by atoms with Gasteiger partial charge in [-0.05, 0) is 17.7 Å². The summed E-state index contributed by atoms with van der Waals surface area (Å²) in [5.41, 5.74) is 1.73. The number of rotatable bonds is 6. The highest BCUT2D eigenvalue weighted by Gasteiger charge is 2.02. The Bertz CT molecular complexity index is 449. The maximum atomic E-state index is 11.4. The summed E-state index contributed by atoms with van der Waals surface area (Å²) in [6, 6.07) is 7.44. The number of amides is 1. The van der Waals surface area contributed by atoms with Crippen LogP contribution >= 0.6 is 24.0 Å². The summed E-state index contributed by atoms with van der Waals surface area (Å²) < 4.78 is 4.96. The molecule has 0 heterocycles. The third kappa shape index (κ3) is 7.28. The van der Waals surface area contributed by atoms with Crippen molar-refractivity contribution in [2.75, 3.05) is 34.4 Å². The molecular weight excluding hydrogens is 383 g/mol. The van der Waals surface area contributed by atoms with Crippen LogP contribution in [0.25, 0.3) is 0 Å². The number of nitrogens with zero attached hydrogens (tertiary/aromatic N) is 1. The minimum atomic E-state index is -0.0819. The smallest absolute Gasteiger partial charge is 0.251 e. The fourth-order valence-electron chi connectivity index (χ4n) is 1.60. The molecule has 21 heavy (non-hydrogen) atoms. The summed E-state index contributed by atoms with van der Waals surface area (Å²) in [5, 5.41) is 8.91. The average Bonchev–Trinajstić information content (AvgIpc) is 2.50. The average molecular weight is 406 g/mol. The van der Waals surface area contributed by atoms with E-state index < -0.39 is 0 Å². The normalized spacial score (nSPS) is 10.5. The van der Waals surface area contributed by atoms with E-state index in [1.807, 2.05) is 12.1 Å². The van der Waals surface area contributed by atoms with E-state index in [1.54, 1.807) is 33.3 Å².